The number of anilines is 1. The first-order valence-electron chi connectivity index (χ1n) is 10.6. The molecule has 7 heteroatoms. The lowest BCUT2D eigenvalue weighted by molar-refractivity contribution is 0.0816. The second kappa shape index (κ2) is 7.75. The molecule has 5 rings (SSSR count). The fourth-order valence-corrected chi connectivity index (χ4v) is 4.42. The molecule has 0 unspecified atom stereocenters. The highest BCUT2D eigenvalue weighted by Gasteiger charge is 2.24. The largest absolute Gasteiger partial charge is 0.368 e. The number of benzene rings is 2. The lowest BCUT2D eigenvalue weighted by Crippen LogP contribution is -2.17. The Labute approximate surface area is 185 Å². The summed E-state index contributed by atoms with van der Waals surface area (Å²) in [5.41, 5.74) is 6.23. The third-order valence-electron chi connectivity index (χ3n) is 6.13. The lowest BCUT2D eigenvalue weighted by Gasteiger charge is -2.11. The number of rotatable bonds is 5. The molecule has 2 aromatic carbocycles. The monoisotopic (exact) mass is 429 g/mol. The SMILES string of the molecule is Cc1ccc(F)c2c1cc(C)n2CCNc1cc(-c2ccc3c(c2)CN(C)C3=O)ncn1. The van der Waals surface area contributed by atoms with Gasteiger partial charge in [-0.05, 0) is 49.2 Å². The van der Waals surface area contributed by atoms with E-state index in [0.717, 1.165) is 39.0 Å². The van der Waals surface area contributed by atoms with E-state index in [0.29, 0.717) is 31.0 Å². The number of carbonyl (C=O) groups is 1. The topological polar surface area (TPSA) is 63.1 Å². The minimum absolute atomic E-state index is 0.0519. The number of aromatic nitrogens is 3. The number of fused-ring (bicyclic) bond motifs is 2. The zero-order valence-electron chi connectivity index (χ0n) is 18.3. The fourth-order valence-electron chi connectivity index (χ4n) is 4.42. The Hall–Kier alpha value is -3.74. The van der Waals surface area contributed by atoms with Gasteiger partial charge in [-0.25, -0.2) is 14.4 Å². The standard InChI is InChI=1S/C25H24FN5O/c1-15-4-7-21(26)24-20(15)10-16(2)31(24)9-8-27-23-12-22(28-14-29-23)17-5-6-19-18(11-17)13-30(3)25(19)32/h4-7,10-12,14H,8-9,13H2,1-3H3,(H,27,28,29). The van der Waals surface area contributed by atoms with Gasteiger partial charge in [-0.15, -0.1) is 0 Å². The molecule has 1 N–H and O–H groups in total. The first-order chi connectivity index (χ1) is 15.4. The number of nitrogens with zero attached hydrogens (tertiary/aromatic N) is 4. The maximum absolute atomic E-state index is 14.5. The van der Waals surface area contributed by atoms with E-state index in [1.807, 2.05) is 54.8 Å². The van der Waals surface area contributed by atoms with E-state index in [9.17, 15) is 9.18 Å². The quantitative estimate of drug-likeness (QED) is 0.506. The molecule has 4 aromatic rings. The van der Waals surface area contributed by atoms with Crippen molar-refractivity contribution in [2.24, 2.45) is 0 Å². The molecule has 0 saturated carbocycles. The van der Waals surface area contributed by atoms with Crippen LogP contribution in [0, 0.1) is 19.7 Å². The first-order valence-corrected chi connectivity index (χ1v) is 10.6. The Morgan fingerprint density at radius 2 is 1.94 bits per heavy atom. The third kappa shape index (κ3) is 3.39. The van der Waals surface area contributed by atoms with Crippen molar-refractivity contribution in [2.45, 2.75) is 26.9 Å². The van der Waals surface area contributed by atoms with Gasteiger partial charge < -0.3 is 14.8 Å². The number of hydrogen-bond acceptors (Lipinski definition) is 4. The number of nitrogens with one attached hydrogen (secondary N) is 1. The molecule has 0 atom stereocenters. The van der Waals surface area contributed by atoms with Gasteiger partial charge in [-0.1, -0.05) is 12.1 Å². The van der Waals surface area contributed by atoms with Crippen molar-refractivity contribution in [3.05, 3.63) is 77.0 Å². The van der Waals surface area contributed by atoms with Crippen LogP contribution in [-0.2, 0) is 13.1 Å². The van der Waals surface area contributed by atoms with Crippen molar-refractivity contribution in [1.29, 1.82) is 0 Å². The molecule has 3 heterocycles. The molecule has 0 aliphatic carbocycles. The van der Waals surface area contributed by atoms with Crippen LogP contribution in [0.4, 0.5) is 10.2 Å². The van der Waals surface area contributed by atoms with Gasteiger partial charge in [0.05, 0.1) is 11.2 Å². The first kappa shape index (κ1) is 20.2. The van der Waals surface area contributed by atoms with Gasteiger partial charge >= 0.3 is 0 Å². The molecule has 0 spiro atoms. The summed E-state index contributed by atoms with van der Waals surface area (Å²) in [6.45, 7) is 5.81. The molecule has 6 nitrogen and oxygen atoms in total. The average Bonchev–Trinajstić information content (AvgIpc) is 3.27. The highest BCUT2D eigenvalue weighted by Crippen LogP contribution is 2.28. The van der Waals surface area contributed by atoms with Gasteiger partial charge in [0, 0.05) is 55.0 Å². The van der Waals surface area contributed by atoms with Crippen molar-refractivity contribution in [1.82, 2.24) is 19.4 Å². The molecule has 1 aliphatic rings. The Bertz CT molecular complexity index is 1360. The minimum Gasteiger partial charge on any atom is -0.368 e. The normalized spacial score (nSPS) is 13.1. The molecule has 2 aromatic heterocycles. The van der Waals surface area contributed by atoms with E-state index in [1.165, 1.54) is 12.4 Å². The molecular formula is C25H24FN5O. The van der Waals surface area contributed by atoms with E-state index >= 15 is 0 Å². The number of halogens is 1. The second-order valence-corrected chi connectivity index (χ2v) is 8.31. The molecule has 0 fully saturated rings. The highest BCUT2D eigenvalue weighted by atomic mass is 19.1. The van der Waals surface area contributed by atoms with Gasteiger partial charge in [0.25, 0.3) is 5.91 Å². The van der Waals surface area contributed by atoms with Crippen molar-refractivity contribution < 1.29 is 9.18 Å². The number of aryl methyl sites for hydroxylation is 2. The Morgan fingerprint density at radius 1 is 1.09 bits per heavy atom. The van der Waals surface area contributed by atoms with Crippen LogP contribution < -0.4 is 5.32 Å². The van der Waals surface area contributed by atoms with Crippen molar-refractivity contribution in [3.63, 3.8) is 0 Å². The Balaban J connectivity index is 1.34. The van der Waals surface area contributed by atoms with E-state index in [4.69, 9.17) is 0 Å². The van der Waals surface area contributed by atoms with Gasteiger partial charge in [-0.2, -0.15) is 0 Å². The Morgan fingerprint density at radius 3 is 2.78 bits per heavy atom. The van der Waals surface area contributed by atoms with E-state index in [-0.39, 0.29) is 11.7 Å². The summed E-state index contributed by atoms with van der Waals surface area (Å²) in [6.07, 6.45) is 1.53. The molecular weight excluding hydrogens is 405 g/mol. The van der Waals surface area contributed by atoms with Gasteiger partial charge in [0.1, 0.15) is 18.0 Å². The van der Waals surface area contributed by atoms with Crippen molar-refractivity contribution in [3.8, 4) is 11.3 Å². The summed E-state index contributed by atoms with van der Waals surface area (Å²) < 4.78 is 16.5. The van der Waals surface area contributed by atoms with E-state index in [2.05, 4.69) is 15.3 Å². The minimum atomic E-state index is -0.205. The summed E-state index contributed by atoms with van der Waals surface area (Å²) in [5, 5.41) is 4.28. The molecule has 32 heavy (non-hydrogen) atoms. The summed E-state index contributed by atoms with van der Waals surface area (Å²) in [4.78, 5) is 22.6. The molecule has 0 radical (unpaired) electrons. The van der Waals surface area contributed by atoms with Crippen LogP contribution in [0.3, 0.4) is 0 Å². The van der Waals surface area contributed by atoms with Crippen LogP contribution in [0.1, 0.15) is 27.2 Å². The van der Waals surface area contributed by atoms with Crippen LogP contribution in [0.5, 0.6) is 0 Å². The summed E-state index contributed by atoms with van der Waals surface area (Å²) in [6, 6.07) is 13.1. The van der Waals surface area contributed by atoms with Crippen LogP contribution in [0.2, 0.25) is 0 Å². The van der Waals surface area contributed by atoms with Gasteiger partial charge in [0.2, 0.25) is 0 Å². The highest BCUT2D eigenvalue weighted by molar-refractivity contribution is 5.98. The number of carbonyl (C=O) groups excluding carboxylic acids is 1. The van der Waals surface area contributed by atoms with Crippen LogP contribution in [-0.4, -0.2) is 38.9 Å². The van der Waals surface area contributed by atoms with E-state index in [1.54, 1.807) is 11.9 Å². The molecule has 1 amide bonds. The number of hydrogen-bond donors (Lipinski definition) is 1. The molecule has 0 saturated heterocycles. The summed E-state index contributed by atoms with van der Waals surface area (Å²) in [7, 11) is 1.80. The van der Waals surface area contributed by atoms with E-state index < -0.39 is 0 Å². The summed E-state index contributed by atoms with van der Waals surface area (Å²) in [5.74, 6) is 0.550. The van der Waals surface area contributed by atoms with Gasteiger partial charge in [0.15, 0.2) is 0 Å². The third-order valence-corrected chi connectivity index (χ3v) is 6.13. The predicted octanol–water partition coefficient (Wildman–Crippen LogP) is 4.55. The summed E-state index contributed by atoms with van der Waals surface area (Å²) >= 11 is 0. The van der Waals surface area contributed by atoms with Crippen LogP contribution in [0.15, 0.2) is 48.8 Å². The zero-order chi connectivity index (χ0) is 22.4. The smallest absolute Gasteiger partial charge is 0.254 e. The van der Waals surface area contributed by atoms with Crippen molar-refractivity contribution >= 4 is 22.6 Å². The van der Waals surface area contributed by atoms with Crippen LogP contribution in [0.25, 0.3) is 22.2 Å². The predicted molar refractivity (Wildman–Crippen MR) is 123 cm³/mol. The average molecular weight is 429 g/mol. The number of amides is 1. The maximum Gasteiger partial charge on any atom is 0.254 e. The Kier molecular flexibility index (Phi) is 4.89. The zero-order valence-corrected chi connectivity index (χ0v) is 18.3. The van der Waals surface area contributed by atoms with Gasteiger partial charge in [-0.3, -0.25) is 4.79 Å². The van der Waals surface area contributed by atoms with Crippen LogP contribution >= 0.6 is 0 Å². The maximum atomic E-state index is 14.5. The second-order valence-electron chi connectivity index (χ2n) is 8.31. The lowest BCUT2D eigenvalue weighted by atomic mass is 10.0. The van der Waals surface area contributed by atoms with Crippen molar-refractivity contribution in [2.75, 3.05) is 18.9 Å². The molecule has 0 bridgehead atoms. The molecule has 162 valence electrons. The molecule has 1 aliphatic heterocycles. The fraction of sp³-hybridized carbons (Fsp3) is 0.240.